The van der Waals surface area contributed by atoms with Crippen LogP contribution in [0.25, 0.3) is 11.3 Å². The summed E-state index contributed by atoms with van der Waals surface area (Å²) in [5.74, 6) is -0.0592. The van der Waals surface area contributed by atoms with E-state index in [1.165, 1.54) is 24.3 Å². The van der Waals surface area contributed by atoms with E-state index in [2.05, 4.69) is 15.4 Å². The third-order valence-corrected chi connectivity index (χ3v) is 7.44. The van der Waals surface area contributed by atoms with Gasteiger partial charge in [-0.15, -0.1) is 11.3 Å². The fourth-order valence-electron chi connectivity index (χ4n) is 4.59. The molecule has 0 bridgehead atoms. The molecule has 35 heavy (non-hydrogen) atoms. The van der Waals surface area contributed by atoms with Crippen molar-refractivity contribution in [2.75, 3.05) is 6.54 Å². The molecule has 0 spiro atoms. The van der Waals surface area contributed by atoms with E-state index in [4.69, 9.17) is 4.52 Å². The first-order valence-corrected chi connectivity index (χ1v) is 12.4. The zero-order valence-corrected chi connectivity index (χ0v) is 20.0. The average Bonchev–Trinajstić information content (AvgIpc) is 3.55. The number of aliphatic hydroxyl groups is 1. The Morgan fingerprint density at radius 2 is 1.97 bits per heavy atom. The summed E-state index contributed by atoms with van der Waals surface area (Å²) in [5, 5.41) is 20.6. The van der Waals surface area contributed by atoms with Crippen molar-refractivity contribution < 1.29 is 18.8 Å². The number of amides is 1. The summed E-state index contributed by atoms with van der Waals surface area (Å²) in [6.45, 7) is 2.84. The van der Waals surface area contributed by atoms with Gasteiger partial charge in [0.2, 0.25) is 0 Å². The maximum absolute atomic E-state index is 13.4. The lowest BCUT2D eigenvalue weighted by Crippen LogP contribution is -2.62. The summed E-state index contributed by atoms with van der Waals surface area (Å²) in [6, 6.07) is 20.3. The lowest BCUT2D eigenvalue weighted by atomic mass is 9.81. The molecule has 1 fully saturated rings. The molecule has 3 heterocycles. The fraction of sp³-hybridized carbons (Fsp3) is 0.259. The highest BCUT2D eigenvalue weighted by Crippen LogP contribution is 2.40. The summed E-state index contributed by atoms with van der Waals surface area (Å²) < 4.78 is 19.0. The van der Waals surface area contributed by atoms with Gasteiger partial charge in [-0.05, 0) is 49.1 Å². The number of halogens is 1. The maximum atomic E-state index is 13.4. The molecule has 8 heteroatoms. The van der Waals surface area contributed by atoms with Crippen LogP contribution >= 0.6 is 11.3 Å². The summed E-state index contributed by atoms with van der Waals surface area (Å²) in [5.41, 5.74) is 0.936. The predicted molar refractivity (Wildman–Crippen MR) is 132 cm³/mol. The Kier molecular flexibility index (Phi) is 6.51. The molecule has 2 aromatic heterocycles. The van der Waals surface area contributed by atoms with Gasteiger partial charge in [0.25, 0.3) is 5.91 Å². The zero-order chi connectivity index (χ0) is 24.4. The number of nitrogens with zero attached hydrogens (tertiary/aromatic N) is 2. The van der Waals surface area contributed by atoms with Gasteiger partial charge in [0.05, 0.1) is 24.2 Å². The molecule has 1 aliphatic heterocycles. The molecular weight excluding hydrogens is 465 g/mol. The Bertz CT molecular complexity index is 1270. The topological polar surface area (TPSA) is 78.6 Å². The van der Waals surface area contributed by atoms with Gasteiger partial charge in [-0.1, -0.05) is 41.6 Å². The smallest absolute Gasteiger partial charge is 0.251 e. The Labute approximate surface area is 207 Å². The summed E-state index contributed by atoms with van der Waals surface area (Å²) >= 11 is 1.58. The summed E-state index contributed by atoms with van der Waals surface area (Å²) in [7, 11) is 0. The summed E-state index contributed by atoms with van der Waals surface area (Å²) in [4.78, 5) is 16.3. The number of aromatic nitrogens is 1. The van der Waals surface area contributed by atoms with E-state index < -0.39 is 17.5 Å². The largest absolute Gasteiger partial charge is 0.388 e. The van der Waals surface area contributed by atoms with E-state index in [0.29, 0.717) is 30.8 Å². The van der Waals surface area contributed by atoms with Crippen LogP contribution in [0.4, 0.5) is 4.39 Å². The van der Waals surface area contributed by atoms with Crippen molar-refractivity contribution in [3.05, 3.63) is 100 Å². The first kappa shape index (κ1) is 23.4. The number of likely N-dealkylation sites (tertiary alicyclic amines) is 1. The SMILES string of the molecule is C[C@@]1(O)CCN(Cc2cc(-c3ccccc3)no2)[C@@H](c2cccs2)[C@@H]1NC(=O)c1ccc(F)cc1. The van der Waals surface area contributed by atoms with Gasteiger partial charge in [0.1, 0.15) is 11.5 Å². The molecule has 0 unspecified atom stereocenters. The van der Waals surface area contributed by atoms with Crippen LogP contribution < -0.4 is 5.32 Å². The maximum Gasteiger partial charge on any atom is 0.251 e. The molecule has 2 N–H and O–H groups in total. The third kappa shape index (κ3) is 5.05. The lowest BCUT2D eigenvalue weighted by Gasteiger charge is -2.48. The van der Waals surface area contributed by atoms with Crippen LogP contribution in [-0.2, 0) is 6.54 Å². The Morgan fingerprint density at radius 3 is 2.69 bits per heavy atom. The molecule has 1 saturated heterocycles. The van der Waals surface area contributed by atoms with E-state index in [1.807, 2.05) is 53.9 Å². The Hall–Kier alpha value is -3.33. The number of rotatable bonds is 6. The molecule has 5 rings (SSSR count). The van der Waals surface area contributed by atoms with Crippen LogP contribution in [0.2, 0.25) is 0 Å². The molecular formula is C27H26FN3O3S. The van der Waals surface area contributed by atoms with Crippen LogP contribution in [0.5, 0.6) is 0 Å². The monoisotopic (exact) mass is 491 g/mol. The lowest BCUT2D eigenvalue weighted by molar-refractivity contribution is -0.0672. The standard InChI is InChI=1S/C27H26FN3O3S/c1-27(33)13-14-31(17-21-16-22(30-34-21)18-6-3-2-4-7-18)24(23-8-5-15-35-23)25(27)29-26(32)19-9-11-20(28)12-10-19/h2-12,15-16,24-25,33H,13-14,17H2,1H3,(H,29,32)/t24-,25-,27+/m0/s1. The van der Waals surface area contributed by atoms with Crippen LogP contribution in [0, 0.1) is 5.82 Å². The number of carbonyl (C=O) groups is 1. The van der Waals surface area contributed by atoms with Crippen molar-refractivity contribution in [1.29, 1.82) is 0 Å². The van der Waals surface area contributed by atoms with Gasteiger partial charge in [-0.3, -0.25) is 9.69 Å². The minimum atomic E-state index is -1.14. The summed E-state index contributed by atoms with van der Waals surface area (Å²) in [6.07, 6.45) is 0.461. The van der Waals surface area contributed by atoms with Crippen LogP contribution in [0.15, 0.2) is 82.7 Å². The third-order valence-electron chi connectivity index (χ3n) is 6.50. The van der Waals surface area contributed by atoms with E-state index in [9.17, 15) is 14.3 Å². The van der Waals surface area contributed by atoms with Gasteiger partial charge in [0, 0.05) is 28.6 Å². The molecule has 180 valence electrons. The van der Waals surface area contributed by atoms with E-state index in [1.54, 1.807) is 18.3 Å². The predicted octanol–water partition coefficient (Wildman–Crippen LogP) is 5.04. The average molecular weight is 492 g/mol. The van der Waals surface area contributed by atoms with Crippen molar-refractivity contribution in [2.24, 2.45) is 0 Å². The van der Waals surface area contributed by atoms with Gasteiger partial charge < -0.3 is 14.9 Å². The number of carbonyl (C=O) groups excluding carboxylic acids is 1. The number of piperidine rings is 1. The van der Waals surface area contributed by atoms with E-state index in [-0.39, 0.29) is 11.9 Å². The van der Waals surface area contributed by atoms with Crippen molar-refractivity contribution in [3.8, 4) is 11.3 Å². The molecule has 0 aliphatic carbocycles. The van der Waals surface area contributed by atoms with Gasteiger partial charge in [0.15, 0.2) is 5.76 Å². The molecule has 2 aromatic carbocycles. The molecule has 0 radical (unpaired) electrons. The fourth-order valence-corrected chi connectivity index (χ4v) is 5.49. The highest BCUT2D eigenvalue weighted by atomic mass is 32.1. The molecule has 1 aliphatic rings. The molecule has 1 amide bonds. The minimum Gasteiger partial charge on any atom is -0.388 e. The molecule has 6 nitrogen and oxygen atoms in total. The first-order chi connectivity index (χ1) is 16.9. The molecule has 0 saturated carbocycles. The van der Waals surface area contributed by atoms with Crippen molar-refractivity contribution in [2.45, 2.75) is 37.6 Å². The number of hydrogen-bond donors (Lipinski definition) is 2. The van der Waals surface area contributed by atoms with Crippen molar-refractivity contribution in [3.63, 3.8) is 0 Å². The van der Waals surface area contributed by atoms with Gasteiger partial charge in [-0.25, -0.2) is 4.39 Å². The van der Waals surface area contributed by atoms with Crippen molar-refractivity contribution in [1.82, 2.24) is 15.4 Å². The Morgan fingerprint density at radius 1 is 1.20 bits per heavy atom. The van der Waals surface area contributed by atoms with Crippen LogP contribution in [0.1, 0.15) is 40.4 Å². The van der Waals surface area contributed by atoms with Crippen LogP contribution in [-0.4, -0.2) is 39.3 Å². The first-order valence-electron chi connectivity index (χ1n) is 11.5. The minimum absolute atomic E-state index is 0.284. The van der Waals surface area contributed by atoms with Gasteiger partial charge in [-0.2, -0.15) is 0 Å². The second-order valence-corrected chi connectivity index (χ2v) is 10.0. The highest BCUT2D eigenvalue weighted by Gasteiger charge is 2.47. The Balaban J connectivity index is 1.42. The highest BCUT2D eigenvalue weighted by molar-refractivity contribution is 7.10. The van der Waals surface area contributed by atoms with Crippen LogP contribution in [0.3, 0.4) is 0 Å². The second kappa shape index (κ2) is 9.73. The molecule has 4 aromatic rings. The quantitative estimate of drug-likeness (QED) is 0.395. The number of nitrogens with one attached hydrogen (secondary N) is 1. The second-order valence-electron chi connectivity index (χ2n) is 9.04. The molecule has 3 atom stereocenters. The number of hydrogen-bond acceptors (Lipinski definition) is 6. The normalized spacial score (nSPS) is 22.7. The zero-order valence-electron chi connectivity index (χ0n) is 19.2. The van der Waals surface area contributed by atoms with E-state index >= 15 is 0 Å². The van der Waals surface area contributed by atoms with E-state index in [0.717, 1.165) is 16.1 Å². The number of thiophene rings is 1. The number of benzene rings is 2. The van der Waals surface area contributed by atoms with Crippen molar-refractivity contribution >= 4 is 17.2 Å². The van der Waals surface area contributed by atoms with Gasteiger partial charge >= 0.3 is 0 Å².